The molecule has 0 amide bonds. The molecule has 1 aromatic rings. The summed E-state index contributed by atoms with van der Waals surface area (Å²) in [4.78, 5) is 0. The van der Waals surface area contributed by atoms with Crippen molar-refractivity contribution in [1.29, 1.82) is 0 Å². The van der Waals surface area contributed by atoms with Crippen LogP contribution in [-0.2, 0) is 6.42 Å². The molecular weight excluding hydrogens is 320 g/mol. The molecule has 0 fully saturated rings. The summed E-state index contributed by atoms with van der Waals surface area (Å²) >= 11 is 0. The lowest BCUT2D eigenvalue weighted by Crippen LogP contribution is -1.92. The highest BCUT2D eigenvalue weighted by molar-refractivity contribution is 5.42. The maximum absolute atomic E-state index is 5.26. The van der Waals surface area contributed by atoms with Gasteiger partial charge < -0.3 is 9.47 Å². The van der Waals surface area contributed by atoms with Gasteiger partial charge in [0.1, 0.15) is 0 Å². The van der Waals surface area contributed by atoms with Crippen molar-refractivity contribution in [1.82, 2.24) is 0 Å². The predicted molar refractivity (Wildman–Crippen MR) is 120 cm³/mol. The lowest BCUT2D eigenvalue weighted by molar-refractivity contribution is 0.354. The van der Waals surface area contributed by atoms with Gasteiger partial charge in [-0.2, -0.15) is 0 Å². The summed E-state index contributed by atoms with van der Waals surface area (Å²) in [7, 11) is 3.32. The molecule has 0 aliphatic heterocycles. The Balaban J connectivity index is -0.000000445. The van der Waals surface area contributed by atoms with Gasteiger partial charge in [0.25, 0.3) is 0 Å². The van der Waals surface area contributed by atoms with Gasteiger partial charge in [0.05, 0.1) is 14.2 Å². The molecule has 0 spiro atoms. The Bertz CT molecular complexity index is 455. The van der Waals surface area contributed by atoms with Crippen LogP contribution in [0.1, 0.15) is 73.8 Å². The van der Waals surface area contributed by atoms with Gasteiger partial charge in [0.15, 0.2) is 11.5 Å². The van der Waals surface area contributed by atoms with Crippen molar-refractivity contribution in [3.8, 4) is 11.5 Å². The van der Waals surface area contributed by atoms with E-state index >= 15 is 0 Å². The maximum Gasteiger partial charge on any atom is 0.160 e. The van der Waals surface area contributed by atoms with Crippen molar-refractivity contribution in [2.45, 2.75) is 74.7 Å². The quantitative estimate of drug-likeness (QED) is 0.458. The van der Waals surface area contributed by atoms with E-state index in [0.29, 0.717) is 0 Å². The molecule has 26 heavy (non-hydrogen) atoms. The minimum atomic E-state index is 0.780. The van der Waals surface area contributed by atoms with Gasteiger partial charge in [-0.15, -0.1) is 6.58 Å². The van der Waals surface area contributed by atoms with Crippen LogP contribution in [0.5, 0.6) is 11.5 Å². The van der Waals surface area contributed by atoms with Gasteiger partial charge in [-0.3, -0.25) is 0 Å². The van der Waals surface area contributed by atoms with E-state index in [4.69, 9.17) is 9.47 Å². The number of benzene rings is 1. The normalized spacial score (nSPS) is 8.58. The van der Waals surface area contributed by atoms with Crippen LogP contribution < -0.4 is 9.47 Å². The lowest BCUT2D eigenvalue weighted by Gasteiger charge is -2.08. The Kier molecular flexibility index (Phi) is 23.9. The van der Waals surface area contributed by atoms with Crippen LogP contribution in [0.3, 0.4) is 0 Å². The molecule has 0 atom stereocenters. The molecule has 0 aromatic heterocycles. The van der Waals surface area contributed by atoms with E-state index in [9.17, 15) is 0 Å². The summed E-state index contributed by atoms with van der Waals surface area (Å²) < 4.78 is 10.5. The molecule has 0 aliphatic rings. The van der Waals surface area contributed by atoms with E-state index in [-0.39, 0.29) is 0 Å². The number of methoxy groups -OCH3 is 2. The van der Waals surface area contributed by atoms with Crippen molar-refractivity contribution in [3.05, 3.63) is 48.1 Å². The van der Waals surface area contributed by atoms with Gasteiger partial charge in [0, 0.05) is 0 Å². The summed E-state index contributed by atoms with van der Waals surface area (Å²) in [6, 6.07) is 6.08. The van der Waals surface area contributed by atoms with E-state index in [1.54, 1.807) is 14.2 Å². The molecular formula is C24H44O2. The zero-order valence-electron chi connectivity index (χ0n) is 19.1. The third-order valence-corrected chi connectivity index (χ3v) is 3.07. The van der Waals surface area contributed by atoms with Crippen LogP contribution in [0.25, 0.3) is 0 Å². The van der Waals surface area contributed by atoms with Crippen molar-refractivity contribution in [3.63, 3.8) is 0 Å². The summed E-state index contributed by atoms with van der Waals surface area (Å²) in [6.45, 7) is 20.2. The van der Waals surface area contributed by atoms with Gasteiger partial charge in [-0.05, 0) is 56.7 Å². The fourth-order valence-corrected chi connectivity index (χ4v) is 1.90. The molecule has 0 radical (unpaired) electrons. The first-order valence-corrected chi connectivity index (χ1v) is 9.89. The van der Waals surface area contributed by atoms with Crippen LogP contribution >= 0.6 is 0 Å². The number of aryl methyl sites for hydroxylation is 1. The smallest absolute Gasteiger partial charge is 0.160 e. The Labute approximate surface area is 164 Å². The highest BCUT2D eigenvalue weighted by atomic mass is 16.5. The molecule has 0 N–H and O–H groups in total. The Morgan fingerprint density at radius 1 is 1.00 bits per heavy atom. The highest BCUT2D eigenvalue weighted by Crippen LogP contribution is 2.27. The summed E-state index contributed by atoms with van der Waals surface area (Å²) in [5, 5.41) is 0. The van der Waals surface area contributed by atoms with Crippen molar-refractivity contribution >= 4 is 0 Å². The predicted octanol–water partition coefficient (Wildman–Crippen LogP) is 7.87. The minimum Gasteiger partial charge on any atom is -0.493 e. The van der Waals surface area contributed by atoms with E-state index in [1.165, 1.54) is 11.1 Å². The standard InChI is InChI=1S/C14H20O2.C6H12.2C2H6/c1-11(2)6-5-7-12-8-9-13(15-3)14(10-12)16-4;1-4-5-6(2)3;2*1-2/h6,8-10H,5,7H2,1-4H3;4,6H,1,5H2,2-3H3;2*1-2H3. The van der Waals surface area contributed by atoms with Crippen molar-refractivity contribution in [2.75, 3.05) is 14.2 Å². The Morgan fingerprint density at radius 3 is 1.88 bits per heavy atom. The lowest BCUT2D eigenvalue weighted by atomic mass is 10.1. The van der Waals surface area contributed by atoms with Crippen LogP contribution in [-0.4, -0.2) is 14.2 Å². The van der Waals surface area contributed by atoms with Crippen LogP contribution in [0.2, 0.25) is 0 Å². The molecule has 0 saturated heterocycles. The average molecular weight is 365 g/mol. The maximum atomic E-state index is 5.26. The molecule has 1 aromatic carbocycles. The van der Waals surface area contributed by atoms with Gasteiger partial charge in [0.2, 0.25) is 0 Å². The second-order valence-electron chi connectivity index (χ2n) is 5.93. The first-order chi connectivity index (χ1) is 12.4. The molecule has 2 nitrogen and oxygen atoms in total. The number of ether oxygens (including phenoxy) is 2. The zero-order valence-corrected chi connectivity index (χ0v) is 19.1. The zero-order chi connectivity index (χ0) is 21.0. The fourth-order valence-electron chi connectivity index (χ4n) is 1.90. The Morgan fingerprint density at radius 2 is 1.54 bits per heavy atom. The fraction of sp³-hybridized carbons (Fsp3) is 0.583. The molecule has 152 valence electrons. The minimum absolute atomic E-state index is 0.780. The number of rotatable bonds is 7. The van der Waals surface area contributed by atoms with Crippen molar-refractivity contribution in [2.24, 2.45) is 5.92 Å². The van der Waals surface area contributed by atoms with Crippen molar-refractivity contribution < 1.29 is 9.47 Å². The molecule has 0 bridgehead atoms. The molecule has 0 aliphatic carbocycles. The second-order valence-corrected chi connectivity index (χ2v) is 5.93. The average Bonchev–Trinajstić information content (AvgIpc) is 2.65. The Hall–Kier alpha value is -1.70. The summed E-state index contributed by atoms with van der Waals surface area (Å²) in [6.07, 6.45) is 7.44. The monoisotopic (exact) mass is 364 g/mol. The third kappa shape index (κ3) is 17.1. The van der Waals surface area contributed by atoms with Gasteiger partial charge in [-0.1, -0.05) is 65.3 Å². The van der Waals surface area contributed by atoms with E-state index in [0.717, 1.165) is 36.7 Å². The first-order valence-electron chi connectivity index (χ1n) is 9.89. The molecule has 0 unspecified atom stereocenters. The number of hydrogen-bond acceptors (Lipinski definition) is 2. The molecule has 0 heterocycles. The van der Waals surface area contributed by atoms with Gasteiger partial charge >= 0.3 is 0 Å². The summed E-state index contributed by atoms with van der Waals surface area (Å²) in [5.41, 5.74) is 2.63. The third-order valence-electron chi connectivity index (χ3n) is 3.07. The largest absolute Gasteiger partial charge is 0.493 e. The number of hydrogen-bond donors (Lipinski definition) is 0. The van der Waals surface area contributed by atoms with Crippen LogP contribution in [0, 0.1) is 5.92 Å². The summed E-state index contributed by atoms with van der Waals surface area (Å²) in [5.74, 6) is 2.37. The van der Waals surface area contributed by atoms with E-state index in [2.05, 4.69) is 46.4 Å². The molecule has 1 rings (SSSR count). The highest BCUT2D eigenvalue weighted by Gasteiger charge is 2.03. The second kappa shape index (κ2) is 21.3. The topological polar surface area (TPSA) is 18.5 Å². The number of allylic oxidation sites excluding steroid dienone is 3. The molecule has 2 heteroatoms. The van der Waals surface area contributed by atoms with Gasteiger partial charge in [-0.25, -0.2) is 0 Å². The van der Waals surface area contributed by atoms with E-state index in [1.807, 2.05) is 45.9 Å². The van der Waals surface area contributed by atoms with Crippen LogP contribution in [0.15, 0.2) is 42.5 Å². The van der Waals surface area contributed by atoms with Crippen LogP contribution in [0.4, 0.5) is 0 Å². The van der Waals surface area contributed by atoms with E-state index < -0.39 is 0 Å². The first kappa shape index (κ1) is 29.1. The SMILES string of the molecule is C=CCC(C)C.CC.CC.COc1ccc(CCC=C(C)C)cc1OC. The molecule has 0 saturated carbocycles.